The minimum absolute atomic E-state index is 0.0812. The molecular formula is C25H20ClN3O2. The van der Waals surface area contributed by atoms with E-state index in [1.54, 1.807) is 11.8 Å². The van der Waals surface area contributed by atoms with E-state index in [9.17, 15) is 4.79 Å². The van der Waals surface area contributed by atoms with Crippen LogP contribution in [0.4, 0.5) is 0 Å². The number of halogens is 1. The molecule has 0 amide bonds. The highest BCUT2D eigenvalue weighted by atomic mass is 35.5. The van der Waals surface area contributed by atoms with E-state index in [2.05, 4.69) is 0 Å². The minimum Gasteiger partial charge on any atom is -0.495 e. The number of ether oxygens (including phenoxy) is 1. The van der Waals surface area contributed by atoms with Gasteiger partial charge in [-0.15, -0.1) is 0 Å². The van der Waals surface area contributed by atoms with Crippen molar-refractivity contribution in [3.05, 3.63) is 100 Å². The summed E-state index contributed by atoms with van der Waals surface area (Å²) in [5.74, 6) is 0.724. The number of rotatable bonds is 4. The van der Waals surface area contributed by atoms with Gasteiger partial charge in [0, 0.05) is 18.3 Å². The second kappa shape index (κ2) is 7.52. The Bertz CT molecular complexity index is 1440. The van der Waals surface area contributed by atoms with Crippen LogP contribution in [-0.2, 0) is 7.05 Å². The van der Waals surface area contributed by atoms with Crippen LogP contribution in [0.2, 0.25) is 5.02 Å². The molecule has 0 aliphatic heterocycles. The lowest BCUT2D eigenvalue weighted by atomic mass is 10.1. The molecule has 31 heavy (non-hydrogen) atoms. The Balaban J connectivity index is 1.89. The molecule has 2 aromatic heterocycles. The number of aryl methyl sites for hydroxylation is 1. The van der Waals surface area contributed by atoms with Crippen molar-refractivity contribution in [2.24, 2.45) is 7.05 Å². The highest BCUT2D eigenvalue weighted by Crippen LogP contribution is 2.35. The number of para-hydroxylation sites is 3. The molecule has 0 N–H and O–H groups in total. The van der Waals surface area contributed by atoms with Gasteiger partial charge >= 0.3 is 0 Å². The third-order valence-electron chi connectivity index (χ3n) is 5.50. The van der Waals surface area contributed by atoms with Gasteiger partial charge in [-0.3, -0.25) is 9.48 Å². The second-order valence-electron chi connectivity index (χ2n) is 7.26. The quantitative estimate of drug-likeness (QED) is 0.381. The first kappa shape index (κ1) is 19.3. The first-order valence-electron chi connectivity index (χ1n) is 9.88. The molecule has 6 heteroatoms. The maximum atomic E-state index is 13.7. The summed E-state index contributed by atoms with van der Waals surface area (Å²) in [6, 6.07) is 24.9. The van der Waals surface area contributed by atoms with Crippen molar-refractivity contribution >= 4 is 22.5 Å². The maximum absolute atomic E-state index is 13.7. The topological polar surface area (TPSA) is 41.1 Å². The smallest absolute Gasteiger partial charge is 0.281 e. The number of aromatic nitrogens is 3. The fourth-order valence-corrected chi connectivity index (χ4v) is 4.19. The van der Waals surface area contributed by atoms with Gasteiger partial charge in [0.15, 0.2) is 0 Å². The van der Waals surface area contributed by atoms with Crippen molar-refractivity contribution in [1.82, 2.24) is 13.9 Å². The van der Waals surface area contributed by atoms with Crippen LogP contribution in [0.5, 0.6) is 5.75 Å². The Morgan fingerprint density at radius 3 is 2.26 bits per heavy atom. The standard InChI is InChI=1S/C25H20ClN3O2/c1-27-21-16-28(20-10-6-7-11-22(20)31-2)24(17-12-14-18(26)15-13-17)23(21)25(30)29(27)19-8-4-3-5-9-19/h3-16H,1-2H3. The van der Waals surface area contributed by atoms with Gasteiger partial charge in [0.25, 0.3) is 5.56 Å². The predicted octanol–water partition coefficient (Wildman–Crippen LogP) is 5.45. The van der Waals surface area contributed by atoms with Crippen LogP contribution < -0.4 is 10.3 Å². The Labute approximate surface area is 184 Å². The molecule has 5 rings (SSSR count). The Hall–Kier alpha value is -3.70. The van der Waals surface area contributed by atoms with Gasteiger partial charge in [-0.2, -0.15) is 0 Å². The second-order valence-corrected chi connectivity index (χ2v) is 7.70. The molecular weight excluding hydrogens is 410 g/mol. The first-order chi connectivity index (χ1) is 15.1. The van der Waals surface area contributed by atoms with Crippen molar-refractivity contribution in [3.63, 3.8) is 0 Å². The van der Waals surface area contributed by atoms with Crippen LogP contribution in [0.15, 0.2) is 89.9 Å². The number of hydrogen-bond acceptors (Lipinski definition) is 2. The molecule has 0 saturated carbocycles. The first-order valence-corrected chi connectivity index (χ1v) is 10.3. The third kappa shape index (κ3) is 3.05. The molecule has 3 aromatic carbocycles. The van der Waals surface area contributed by atoms with Gasteiger partial charge < -0.3 is 9.30 Å². The lowest BCUT2D eigenvalue weighted by molar-refractivity contribution is 0.413. The van der Waals surface area contributed by atoms with Crippen molar-refractivity contribution in [2.45, 2.75) is 0 Å². The molecule has 0 bridgehead atoms. The van der Waals surface area contributed by atoms with Crippen LogP contribution in [0.25, 0.3) is 33.5 Å². The van der Waals surface area contributed by atoms with E-state index >= 15 is 0 Å². The summed E-state index contributed by atoms with van der Waals surface area (Å²) in [4.78, 5) is 13.7. The van der Waals surface area contributed by atoms with Gasteiger partial charge in [0.2, 0.25) is 0 Å². The van der Waals surface area contributed by atoms with Crippen molar-refractivity contribution in [1.29, 1.82) is 0 Å². The molecule has 0 spiro atoms. The van der Waals surface area contributed by atoms with Crippen LogP contribution in [0.3, 0.4) is 0 Å². The average Bonchev–Trinajstić information content (AvgIpc) is 3.31. The highest BCUT2D eigenvalue weighted by molar-refractivity contribution is 6.30. The van der Waals surface area contributed by atoms with Gasteiger partial charge in [-0.05, 0) is 42.0 Å². The van der Waals surface area contributed by atoms with E-state index in [4.69, 9.17) is 16.3 Å². The summed E-state index contributed by atoms with van der Waals surface area (Å²) in [6.45, 7) is 0. The zero-order chi connectivity index (χ0) is 21.5. The number of nitrogens with zero attached hydrogens (tertiary/aromatic N) is 3. The van der Waals surface area contributed by atoms with Crippen LogP contribution >= 0.6 is 11.6 Å². The number of methoxy groups -OCH3 is 1. The van der Waals surface area contributed by atoms with Gasteiger partial charge in [-0.1, -0.05) is 54.1 Å². The van der Waals surface area contributed by atoms with E-state index in [0.29, 0.717) is 10.4 Å². The van der Waals surface area contributed by atoms with Crippen molar-refractivity contribution < 1.29 is 4.74 Å². The lowest BCUT2D eigenvalue weighted by Gasteiger charge is -2.14. The zero-order valence-electron chi connectivity index (χ0n) is 17.1. The van der Waals surface area contributed by atoms with Gasteiger partial charge in [0.1, 0.15) is 5.75 Å². The summed E-state index contributed by atoms with van der Waals surface area (Å²) >= 11 is 6.14. The van der Waals surface area contributed by atoms with Crippen molar-refractivity contribution in [3.8, 4) is 28.4 Å². The van der Waals surface area contributed by atoms with E-state index in [0.717, 1.165) is 33.9 Å². The average molecular weight is 430 g/mol. The van der Waals surface area contributed by atoms with Gasteiger partial charge in [0.05, 0.1) is 35.1 Å². The van der Waals surface area contributed by atoms with E-state index < -0.39 is 0 Å². The molecule has 5 nitrogen and oxygen atoms in total. The Morgan fingerprint density at radius 1 is 0.871 bits per heavy atom. The fourth-order valence-electron chi connectivity index (χ4n) is 4.07. The summed E-state index contributed by atoms with van der Waals surface area (Å²) in [6.07, 6.45) is 1.98. The monoisotopic (exact) mass is 429 g/mol. The maximum Gasteiger partial charge on any atom is 0.281 e. The minimum atomic E-state index is -0.0812. The summed E-state index contributed by atoms with van der Waals surface area (Å²) < 4.78 is 11.2. The Kier molecular flexibility index (Phi) is 4.68. The van der Waals surface area contributed by atoms with E-state index in [1.807, 2.05) is 101 Å². The number of benzene rings is 3. The lowest BCUT2D eigenvalue weighted by Crippen LogP contribution is -2.20. The zero-order valence-corrected chi connectivity index (χ0v) is 17.9. The van der Waals surface area contributed by atoms with Crippen LogP contribution in [0, 0.1) is 0 Å². The van der Waals surface area contributed by atoms with E-state index in [-0.39, 0.29) is 5.56 Å². The van der Waals surface area contributed by atoms with Crippen molar-refractivity contribution in [2.75, 3.05) is 7.11 Å². The number of fused-ring (bicyclic) bond motifs is 1. The summed E-state index contributed by atoms with van der Waals surface area (Å²) in [5.41, 5.74) is 4.11. The number of hydrogen-bond donors (Lipinski definition) is 0. The predicted molar refractivity (Wildman–Crippen MR) is 125 cm³/mol. The molecule has 0 atom stereocenters. The molecule has 5 aromatic rings. The molecule has 0 unspecified atom stereocenters. The van der Waals surface area contributed by atoms with Crippen LogP contribution in [0.1, 0.15) is 0 Å². The molecule has 0 aliphatic carbocycles. The SMILES string of the molecule is COc1ccccc1-n1cc2c(c1-c1ccc(Cl)cc1)c(=O)n(-c1ccccc1)n2C. The molecule has 0 radical (unpaired) electrons. The summed E-state index contributed by atoms with van der Waals surface area (Å²) in [7, 11) is 3.54. The highest BCUT2D eigenvalue weighted by Gasteiger charge is 2.23. The molecule has 0 saturated heterocycles. The largest absolute Gasteiger partial charge is 0.495 e. The molecule has 154 valence electrons. The molecule has 2 heterocycles. The van der Waals surface area contributed by atoms with Crippen LogP contribution in [-0.4, -0.2) is 21.0 Å². The fraction of sp³-hybridized carbons (Fsp3) is 0.0800. The Morgan fingerprint density at radius 2 is 1.55 bits per heavy atom. The van der Waals surface area contributed by atoms with Gasteiger partial charge in [-0.25, -0.2) is 4.68 Å². The van der Waals surface area contributed by atoms with E-state index in [1.165, 1.54) is 0 Å². The third-order valence-corrected chi connectivity index (χ3v) is 5.76. The normalized spacial score (nSPS) is 11.2. The molecule has 0 fully saturated rings. The molecule has 0 aliphatic rings. The summed E-state index contributed by atoms with van der Waals surface area (Å²) in [5, 5.41) is 1.28.